The van der Waals surface area contributed by atoms with E-state index in [1.54, 1.807) is 24.3 Å². The molecule has 5 heteroatoms. The number of nitrogens with one attached hydrogen (secondary N) is 1. The zero-order chi connectivity index (χ0) is 14.4. The number of carbonyl (C=O) groups excluding carboxylic acids is 1. The monoisotopic (exact) mass is 315 g/mol. The van der Waals surface area contributed by atoms with Crippen LogP contribution in [0.2, 0.25) is 5.02 Å². The van der Waals surface area contributed by atoms with Crippen LogP contribution in [0.25, 0.3) is 0 Å². The van der Waals surface area contributed by atoms with Crippen LogP contribution in [0.1, 0.15) is 25.7 Å². The molecule has 2 rings (SSSR count). The van der Waals surface area contributed by atoms with Gasteiger partial charge >= 0.3 is 0 Å². The van der Waals surface area contributed by atoms with Crippen molar-refractivity contribution in [3.63, 3.8) is 0 Å². The lowest BCUT2D eigenvalue weighted by molar-refractivity contribution is -0.123. The van der Waals surface area contributed by atoms with E-state index in [2.05, 4.69) is 5.32 Å². The van der Waals surface area contributed by atoms with Crippen LogP contribution in [-0.2, 0) is 4.79 Å². The highest BCUT2D eigenvalue weighted by Crippen LogP contribution is 2.26. The van der Waals surface area contributed by atoms with Gasteiger partial charge in [-0.3, -0.25) is 4.79 Å². The van der Waals surface area contributed by atoms with Crippen molar-refractivity contribution in [3.8, 4) is 5.75 Å². The Morgan fingerprint density at radius 2 is 1.85 bits per heavy atom. The SMILES string of the molecule is O=C(COc1ccc(Cl)cc1)NCC1CCC(Cl)CC1. The highest BCUT2D eigenvalue weighted by Gasteiger charge is 2.19. The van der Waals surface area contributed by atoms with Crippen molar-refractivity contribution >= 4 is 29.1 Å². The summed E-state index contributed by atoms with van der Waals surface area (Å²) in [5.74, 6) is 1.10. The van der Waals surface area contributed by atoms with Gasteiger partial charge in [0.2, 0.25) is 0 Å². The molecule has 1 aliphatic carbocycles. The maximum atomic E-state index is 11.7. The second-order valence-electron chi connectivity index (χ2n) is 5.16. The van der Waals surface area contributed by atoms with Crippen molar-refractivity contribution in [3.05, 3.63) is 29.3 Å². The molecular formula is C15H19Cl2NO2. The van der Waals surface area contributed by atoms with E-state index in [0.29, 0.717) is 28.6 Å². The summed E-state index contributed by atoms with van der Waals surface area (Å²) in [4.78, 5) is 11.7. The molecule has 0 spiro atoms. The van der Waals surface area contributed by atoms with Gasteiger partial charge in [0.05, 0.1) is 0 Å². The molecule has 110 valence electrons. The van der Waals surface area contributed by atoms with Crippen molar-refractivity contribution in [1.29, 1.82) is 0 Å². The minimum absolute atomic E-state index is 0.0342. The number of ether oxygens (including phenoxy) is 1. The average Bonchev–Trinajstić information content (AvgIpc) is 2.46. The van der Waals surface area contributed by atoms with Crippen molar-refractivity contribution in [2.75, 3.05) is 13.2 Å². The summed E-state index contributed by atoms with van der Waals surface area (Å²) in [6.07, 6.45) is 4.27. The summed E-state index contributed by atoms with van der Waals surface area (Å²) < 4.78 is 5.39. The van der Waals surface area contributed by atoms with Gasteiger partial charge in [-0.05, 0) is 55.9 Å². The van der Waals surface area contributed by atoms with Gasteiger partial charge < -0.3 is 10.1 Å². The van der Waals surface area contributed by atoms with Crippen molar-refractivity contribution in [2.24, 2.45) is 5.92 Å². The van der Waals surface area contributed by atoms with E-state index in [9.17, 15) is 4.79 Å². The second-order valence-corrected chi connectivity index (χ2v) is 6.22. The molecule has 1 fully saturated rings. The number of halogens is 2. The molecule has 0 unspecified atom stereocenters. The lowest BCUT2D eigenvalue weighted by Crippen LogP contribution is -2.34. The molecule has 1 saturated carbocycles. The fourth-order valence-corrected chi connectivity index (χ4v) is 2.69. The van der Waals surface area contributed by atoms with Crippen LogP contribution in [0.4, 0.5) is 0 Å². The number of amides is 1. The van der Waals surface area contributed by atoms with Crippen LogP contribution in [0.15, 0.2) is 24.3 Å². The molecule has 1 amide bonds. The van der Waals surface area contributed by atoms with Crippen molar-refractivity contribution in [2.45, 2.75) is 31.1 Å². The molecular weight excluding hydrogens is 297 g/mol. The van der Waals surface area contributed by atoms with Gasteiger partial charge in [0.25, 0.3) is 5.91 Å². The van der Waals surface area contributed by atoms with Crippen LogP contribution in [0, 0.1) is 5.92 Å². The molecule has 0 atom stereocenters. The summed E-state index contributed by atoms with van der Waals surface area (Å²) in [7, 11) is 0. The molecule has 0 aromatic heterocycles. The number of benzene rings is 1. The van der Waals surface area contributed by atoms with E-state index in [4.69, 9.17) is 27.9 Å². The van der Waals surface area contributed by atoms with Gasteiger partial charge in [-0.2, -0.15) is 0 Å². The molecule has 1 N–H and O–H groups in total. The summed E-state index contributed by atoms with van der Waals surface area (Å²) in [6, 6.07) is 6.97. The molecule has 20 heavy (non-hydrogen) atoms. The van der Waals surface area contributed by atoms with Crippen LogP contribution < -0.4 is 10.1 Å². The highest BCUT2D eigenvalue weighted by molar-refractivity contribution is 6.30. The largest absolute Gasteiger partial charge is 0.484 e. The summed E-state index contributed by atoms with van der Waals surface area (Å²) in [6.45, 7) is 0.749. The van der Waals surface area contributed by atoms with Gasteiger partial charge in [0, 0.05) is 16.9 Å². The first kappa shape index (κ1) is 15.5. The Balaban J connectivity index is 1.64. The van der Waals surface area contributed by atoms with Gasteiger partial charge in [0.1, 0.15) is 5.75 Å². The van der Waals surface area contributed by atoms with Gasteiger partial charge in [-0.1, -0.05) is 11.6 Å². The Labute approximate surface area is 129 Å². The van der Waals surface area contributed by atoms with Gasteiger partial charge in [-0.15, -0.1) is 11.6 Å². The van der Waals surface area contributed by atoms with E-state index < -0.39 is 0 Å². The smallest absolute Gasteiger partial charge is 0.257 e. The van der Waals surface area contributed by atoms with E-state index in [1.165, 1.54) is 0 Å². The molecule has 0 bridgehead atoms. The van der Waals surface area contributed by atoms with E-state index in [-0.39, 0.29) is 12.5 Å². The third-order valence-electron chi connectivity index (χ3n) is 3.55. The van der Waals surface area contributed by atoms with Crippen LogP contribution in [0.3, 0.4) is 0 Å². The number of hydrogen-bond acceptors (Lipinski definition) is 2. The van der Waals surface area contributed by atoms with Crippen LogP contribution in [-0.4, -0.2) is 24.4 Å². The fraction of sp³-hybridized carbons (Fsp3) is 0.533. The second kappa shape index (κ2) is 7.75. The highest BCUT2D eigenvalue weighted by atomic mass is 35.5. The van der Waals surface area contributed by atoms with Crippen LogP contribution >= 0.6 is 23.2 Å². The lowest BCUT2D eigenvalue weighted by Gasteiger charge is -2.25. The van der Waals surface area contributed by atoms with Gasteiger partial charge in [0.15, 0.2) is 6.61 Å². The number of rotatable bonds is 5. The van der Waals surface area contributed by atoms with Crippen molar-refractivity contribution < 1.29 is 9.53 Å². The standard InChI is InChI=1S/C15H19Cl2NO2/c16-12-3-1-11(2-4-12)9-18-15(19)10-20-14-7-5-13(17)6-8-14/h5-8,11-12H,1-4,9-10H2,(H,18,19). The Hall–Kier alpha value is -0.930. The normalized spacial score (nSPS) is 22.3. The summed E-state index contributed by atoms with van der Waals surface area (Å²) >= 11 is 11.8. The summed E-state index contributed by atoms with van der Waals surface area (Å²) in [5.41, 5.74) is 0. The third kappa shape index (κ3) is 5.22. The van der Waals surface area contributed by atoms with E-state index >= 15 is 0 Å². The first-order valence-corrected chi connectivity index (χ1v) is 7.74. The zero-order valence-corrected chi connectivity index (χ0v) is 12.8. The number of alkyl halides is 1. The molecule has 1 aromatic rings. The predicted octanol–water partition coefficient (Wildman–Crippen LogP) is 3.63. The predicted molar refractivity (Wildman–Crippen MR) is 81.6 cm³/mol. The molecule has 1 aromatic carbocycles. The Bertz CT molecular complexity index is 428. The first-order valence-electron chi connectivity index (χ1n) is 6.92. The molecule has 0 saturated heterocycles. The fourth-order valence-electron chi connectivity index (χ4n) is 2.31. The zero-order valence-electron chi connectivity index (χ0n) is 11.3. The quantitative estimate of drug-likeness (QED) is 0.843. The maximum absolute atomic E-state index is 11.7. The molecule has 3 nitrogen and oxygen atoms in total. The molecule has 0 aliphatic heterocycles. The lowest BCUT2D eigenvalue weighted by atomic mass is 9.89. The number of carbonyl (C=O) groups is 1. The average molecular weight is 316 g/mol. The molecule has 0 radical (unpaired) electrons. The van der Waals surface area contributed by atoms with E-state index in [1.807, 2.05) is 0 Å². The Morgan fingerprint density at radius 1 is 1.20 bits per heavy atom. The minimum atomic E-state index is -0.0899. The Morgan fingerprint density at radius 3 is 2.50 bits per heavy atom. The maximum Gasteiger partial charge on any atom is 0.257 e. The minimum Gasteiger partial charge on any atom is -0.484 e. The Kier molecular flexibility index (Phi) is 5.99. The summed E-state index contributed by atoms with van der Waals surface area (Å²) in [5, 5.41) is 3.88. The van der Waals surface area contributed by atoms with Gasteiger partial charge in [-0.25, -0.2) is 0 Å². The molecule has 1 aliphatic rings. The number of hydrogen-bond donors (Lipinski definition) is 1. The van der Waals surface area contributed by atoms with Crippen molar-refractivity contribution in [1.82, 2.24) is 5.32 Å². The molecule has 0 heterocycles. The topological polar surface area (TPSA) is 38.3 Å². The first-order chi connectivity index (χ1) is 9.63. The third-order valence-corrected chi connectivity index (χ3v) is 4.24. The van der Waals surface area contributed by atoms with E-state index in [0.717, 1.165) is 25.7 Å². The van der Waals surface area contributed by atoms with Crippen LogP contribution in [0.5, 0.6) is 5.75 Å².